The van der Waals surface area contributed by atoms with Crippen LogP contribution in [0.15, 0.2) is 36.7 Å². The van der Waals surface area contributed by atoms with Crippen LogP contribution in [-0.4, -0.2) is 101 Å². The first kappa shape index (κ1) is 27.3. The number of pyridine rings is 1. The van der Waals surface area contributed by atoms with Gasteiger partial charge in [-0.25, -0.2) is 4.39 Å². The quantitative estimate of drug-likeness (QED) is 0.506. The van der Waals surface area contributed by atoms with Crippen LogP contribution in [0.1, 0.15) is 44.5 Å². The monoisotopic (exact) mass is 549 g/mol. The maximum atomic E-state index is 14.1. The van der Waals surface area contributed by atoms with Gasteiger partial charge in [-0.3, -0.25) is 19.0 Å². The minimum absolute atomic E-state index is 0.109. The van der Waals surface area contributed by atoms with Gasteiger partial charge in [-0.15, -0.1) is 10.2 Å². The van der Waals surface area contributed by atoms with Crippen molar-refractivity contribution < 1.29 is 13.9 Å². The molecule has 0 unspecified atom stereocenters. The van der Waals surface area contributed by atoms with Gasteiger partial charge in [0.05, 0.1) is 25.4 Å². The Labute approximate surface area is 235 Å². The number of rotatable bonds is 6. The summed E-state index contributed by atoms with van der Waals surface area (Å²) in [4.78, 5) is 20.9. The summed E-state index contributed by atoms with van der Waals surface area (Å²) in [5, 5.41) is 12.3. The summed E-state index contributed by atoms with van der Waals surface area (Å²) in [5.74, 6) is -0.146. The van der Waals surface area contributed by atoms with Crippen LogP contribution in [0.2, 0.25) is 0 Å². The van der Waals surface area contributed by atoms with E-state index >= 15 is 0 Å². The number of piperazine rings is 1. The van der Waals surface area contributed by atoms with Crippen molar-refractivity contribution >= 4 is 17.2 Å². The Kier molecular flexibility index (Phi) is 7.37. The van der Waals surface area contributed by atoms with E-state index in [0.717, 1.165) is 67.5 Å². The third kappa shape index (κ3) is 5.25. The van der Waals surface area contributed by atoms with Gasteiger partial charge < -0.3 is 15.0 Å². The maximum absolute atomic E-state index is 14.1. The molecule has 2 aromatic heterocycles. The second-order valence-electron chi connectivity index (χ2n) is 12.4. The van der Waals surface area contributed by atoms with E-state index in [-0.39, 0.29) is 23.2 Å². The molecule has 1 N–H and O–H groups in total. The molecule has 1 aromatic carbocycles. The molecule has 2 fully saturated rings. The van der Waals surface area contributed by atoms with E-state index in [1.807, 2.05) is 9.30 Å². The zero-order valence-corrected chi connectivity index (χ0v) is 23.9. The third-order valence-corrected chi connectivity index (χ3v) is 8.78. The lowest BCUT2D eigenvalue weighted by Gasteiger charge is -2.43. The van der Waals surface area contributed by atoms with Crippen molar-refractivity contribution in [1.29, 1.82) is 0 Å². The second-order valence-corrected chi connectivity index (χ2v) is 12.4. The summed E-state index contributed by atoms with van der Waals surface area (Å²) in [6.07, 6.45) is 2.31. The molecule has 3 aliphatic rings. The highest BCUT2D eigenvalue weighted by Gasteiger charge is 2.42. The summed E-state index contributed by atoms with van der Waals surface area (Å²) in [6.45, 7) is 14.8. The number of hydrogen-bond acceptors (Lipinski definition) is 7. The van der Waals surface area contributed by atoms with Gasteiger partial charge in [0.25, 0.3) is 0 Å². The zero-order valence-electron chi connectivity index (χ0n) is 23.9. The molecular formula is C30H40FN7O2. The molecule has 214 valence electrons. The number of nitrogens with zero attached hydrogens (tertiary/aromatic N) is 6. The van der Waals surface area contributed by atoms with Gasteiger partial charge in [-0.2, -0.15) is 0 Å². The van der Waals surface area contributed by atoms with Gasteiger partial charge in [0, 0.05) is 73.9 Å². The minimum atomic E-state index is -0.271. The summed E-state index contributed by atoms with van der Waals surface area (Å²) < 4.78 is 21.2. The first-order valence-corrected chi connectivity index (χ1v) is 14.4. The van der Waals surface area contributed by atoms with Gasteiger partial charge in [0.2, 0.25) is 5.91 Å². The number of amides is 1. The number of carbonyl (C=O) groups is 1. The van der Waals surface area contributed by atoms with Crippen molar-refractivity contribution in [3.8, 4) is 0 Å². The fraction of sp³-hybridized carbons (Fsp3) is 0.567. The Bertz CT molecular complexity index is 1370. The van der Waals surface area contributed by atoms with Crippen LogP contribution in [-0.2, 0) is 21.4 Å². The summed E-state index contributed by atoms with van der Waals surface area (Å²) >= 11 is 0. The molecule has 0 bridgehead atoms. The molecular weight excluding hydrogens is 509 g/mol. The highest BCUT2D eigenvalue weighted by molar-refractivity contribution is 5.99. The molecule has 0 aliphatic carbocycles. The van der Waals surface area contributed by atoms with E-state index in [0.29, 0.717) is 31.6 Å². The van der Waals surface area contributed by atoms with E-state index in [4.69, 9.17) is 4.74 Å². The lowest BCUT2D eigenvalue weighted by atomic mass is 9.87. The number of fused-ring (bicyclic) bond motifs is 3. The molecule has 40 heavy (non-hydrogen) atoms. The Morgan fingerprint density at radius 2 is 2.00 bits per heavy atom. The van der Waals surface area contributed by atoms with Crippen LogP contribution in [0.3, 0.4) is 0 Å². The minimum Gasteiger partial charge on any atom is -0.379 e. The Balaban J connectivity index is 1.28. The Hall–Kier alpha value is -2.92. The van der Waals surface area contributed by atoms with Gasteiger partial charge in [-0.1, -0.05) is 26.0 Å². The number of halogens is 1. The predicted molar refractivity (Wildman–Crippen MR) is 152 cm³/mol. The molecule has 0 radical (unpaired) electrons. The smallest absolute Gasteiger partial charge is 0.241 e. The molecule has 2 saturated heterocycles. The van der Waals surface area contributed by atoms with E-state index in [2.05, 4.69) is 59.1 Å². The van der Waals surface area contributed by atoms with Crippen molar-refractivity contribution in [3.05, 3.63) is 59.3 Å². The van der Waals surface area contributed by atoms with Gasteiger partial charge in [-0.05, 0) is 37.6 Å². The van der Waals surface area contributed by atoms with Crippen LogP contribution in [0.25, 0.3) is 5.65 Å². The van der Waals surface area contributed by atoms with Crippen LogP contribution >= 0.6 is 0 Å². The number of ether oxygens (including phenoxy) is 1. The molecule has 1 amide bonds. The van der Waals surface area contributed by atoms with E-state index < -0.39 is 0 Å². The second kappa shape index (κ2) is 10.8. The molecule has 3 aliphatic heterocycles. The SMILES string of the molecule is C[C@@H]1CN(CC(=O)N2CC(C)(C)c3c2cc(Cc2ccc(F)cc2)n2cnnc32)[C@@H](CN2CCOC[C@H]2C)CN1. The van der Waals surface area contributed by atoms with Gasteiger partial charge in [0.15, 0.2) is 5.65 Å². The molecule has 5 heterocycles. The van der Waals surface area contributed by atoms with Crippen molar-refractivity contribution in [1.82, 2.24) is 29.7 Å². The van der Waals surface area contributed by atoms with Gasteiger partial charge >= 0.3 is 0 Å². The van der Waals surface area contributed by atoms with Crippen molar-refractivity contribution in [2.45, 2.75) is 57.7 Å². The molecule has 6 rings (SSSR count). The number of carbonyl (C=O) groups excluding carboxylic acids is 1. The number of nitrogens with one attached hydrogen (secondary N) is 1. The topological polar surface area (TPSA) is 78.2 Å². The lowest BCUT2D eigenvalue weighted by molar-refractivity contribution is -0.121. The number of benzene rings is 1. The fourth-order valence-electron chi connectivity index (χ4n) is 6.59. The van der Waals surface area contributed by atoms with Crippen molar-refractivity contribution in [2.75, 3.05) is 57.4 Å². The molecule has 10 heteroatoms. The molecule has 3 atom stereocenters. The molecule has 0 spiro atoms. The zero-order chi connectivity index (χ0) is 28.0. The van der Waals surface area contributed by atoms with Gasteiger partial charge in [0.1, 0.15) is 12.1 Å². The lowest BCUT2D eigenvalue weighted by Crippen LogP contribution is -2.62. The highest BCUT2D eigenvalue weighted by Crippen LogP contribution is 2.43. The van der Waals surface area contributed by atoms with Crippen LogP contribution in [0.4, 0.5) is 10.1 Å². The molecule has 9 nitrogen and oxygen atoms in total. The van der Waals surface area contributed by atoms with Crippen LogP contribution in [0.5, 0.6) is 0 Å². The fourth-order valence-corrected chi connectivity index (χ4v) is 6.59. The highest BCUT2D eigenvalue weighted by atomic mass is 19.1. The van der Waals surface area contributed by atoms with Crippen LogP contribution in [0, 0.1) is 5.82 Å². The molecule has 3 aromatic rings. The van der Waals surface area contributed by atoms with E-state index in [1.54, 1.807) is 18.5 Å². The van der Waals surface area contributed by atoms with E-state index in [1.165, 1.54) is 12.1 Å². The first-order valence-electron chi connectivity index (χ1n) is 14.4. The number of morpholine rings is 1. The summed E-state index contributed by atoms with van der Waals surface area (Å²) in [6, 6.07) is 9.62. The predicted octanol–water partition coefficient (Wildman–Crippen LogP) is 2.47. The average molecular weight is 550 g/mol. The normalized spacial score (nSPS) is 25.4. The number of aromatic nitrogens is 3. The van der Waals surface area contributed by atoms with Crippen molar-refractivity contribution in [2.24, 2.45) is 0 Å². The Morgan fingerprint density at radius 1 is 1.20 bits per heavy atom. The largest absolute Gasteiger partial charge is 0.379 e. The summed E-state index contributed by atoms with van der Waals surface area (Å²) in [5.41, 5.74) is 4.43. The third-order valence-electron chi connectivity index (χ3n) is 8.78. The van der Waals surface area contributed by atoms with Crippen LogP contribution < -0.4 is 10.2 Å². The first-order chi connectivity index (χ1) is 19.2. The Morgan fingerprint density at radius 3 is 2.77 bits per heavy atom. The number of hydrogen-bond donors (Lipinski definition) is 1. The maximum Gasteiger partial charge on any atom is 0.241 e. The standard InChI is InChI=1S/C30H40FN7O2/c1-20-14-36(25(13-32-20)15-35-9-10-40-17-21(35)2)16-27(39)37-18-30(3,4)28-26(37)12-24(38-19-33-34-29(28)38)11-22-5-7-23(31)8-6-22/h5-8,12,19-21,25,32H,9-11,13-18H2,1-4H3/t20-,21-,25-/m1/s1. The number of anilines is 1. The average Bonchev–Trinajstić information content (AvgIpc) is 3.50. The van der Waals surface area contributed by atoms with Crippen molar-refractivity contribution in [3.63, 3.8) is 0 Å². The molecule has 0 saturated carbocycles. The summed E-state index contributed by atoms with van der Waals surface area (Å²) in [7, 11) is 0. The van der Waals surface area contributed by atoms with E-state index in [9.17, 15) is 9.18 Å².